The van der Waals surface area contributed by atoms with Crippen LogP contribution in [-0.4, -0.2) is 22.6 Å². The Hall–Kier alpha value is -0.250. The van der Waals surface area contributed by atoms with Crippen molar-refractivity contribution in [2.24, 2.45) is 5.92 Å². The minimum atomic E-state index is 0. The molecular weight excluding hydrogens is 233 g/mol. The SMILES string of the molecule is Cc1cn(C[C@@H]2CCCNC2)cn1.Cl.Cl. The summed E-state index contributed by atoms with van der Waals surface area (Å²) in [6.07, 6.45) is 6.72. The van der Waals surface area contributed by atoms with E-state index in [0.29, 0.717) is 0 Å². The van der Waals surface area contributed by atoms with Gasteiger partial charge in [-0.3, -0.25) is 0 Å². The van der Waals surface area contributed by atoms with Crippen LogP contribution in [0.25, 0.3) is 0 Å². The molecular formula is C10H19Cl2N3. The van der Waals surface area contributed by atoms with Crippen LogP contribution in [0.4, 0.5) is 0 Å². The molecule has 2 heterocycles. The van der Waals surface area contributed by atoms with Crippen molar-refractivity contribution in [2.45, 2.75) is 26.3 Å². The van der Waals surface area contributed by atoms with Crippen LogP contribution in [0, 0.1) is 12.8 Å². The molecule has 0 aromatic carbocycles. The van der Waals surface area contributed by atoms with E-state index in [1.165, 1.54) is 19.4 Å². The molecule has 1 fully saturated rings. The molecule has 0 amide bonds. The number of hydrogen-bond donors (Lipinski definition) is 1. The summed E-state index contributed by atoms with van der Waals surface area (Å²) in [4.78, 5) is 4.22. The molecule has 0 radical (unpaired) electrons. The van der Waals surface area contributed by atoms with E-state index in [1.807, 2.05) is 13.3 Å². The van der Waals surface area contributed by atoms with Crippen molar-refractivity contribution in [3.63, 3.8) is 0 Å². The Balaban J connectivity index is 0.000000980. The fraction of sp³-hybridized carbons (Fsp3) is 0.700. The van der Waals surface area contributed by atoms with Crippen molar-refractivity contribution in [1.29, 1.82) is 0 Å². The lowest BCUT2D eigenvalue weighted by molar-refractivity contribution is 0.337. The molecule has 1 aliphatic heterocycles. The third-order valence-corrected chi connectivity index (χ3v) is 2.63. The highest BCUT2D eigenvalue weighted by Crippen LogP contribution is 2.12. The Morgan fingerprint density at radius 2 is 2.33 bits per heavy atom. The van der Waals surface area contributed by atoms with Crippen molar-refractivity contribution < 1.29 is 0 Å². The molecule has 3 nitrogen and oxygen atoms in total. The maximum Gasteiger partial charge on any atom is 0.0949 e. The second kappa shape index (κ2) is 7.09. The van der Waals surface area contributed by atoms with Crippen LogP contribution in [0.3, 0.4) is 0 Å². The van der Waals surface area contributed by atoms with Crippen LogP contribution in [0.15, 0.2) is 12.5 Å². The molecule has 0 bridgehead atoms. The van der Waals surface area contributed by atoms with Gasteiger partial charge in [0.1, 0.15) is 0 Å². The second-order valence-electron chi connectivity index (χ2n) is 3.92. The van der Waals surface area contributed by atoms with Gasteiger partial charge in [0.05, 0.1) is 12.0 Å². The maximum atomic E-state index is 4.22. The standard InChI is InChI=1S/C10H17N3.2ClH/c1-9-6-13(8-12-9)7-10-3-2-4-11-5-10;;/h6,8,10-11H,2-5,7H2,1H3;2*1H/t10-;;/m1../s1. The van der Waals surface area contributed by atoms with Crippen molar-refractivity contribution in [2.75, 3.05) is 13.1 Å². The minimum Gasteiger partial charge on any atom is -0.337 e. The third-order valence-electron chi connectivity index (χ3n) is 2.63. The molecule has 0 spiro atoms. The van der Waals surface area contributed by atoms with Gasteiger partial charge in [-0.05, 0) is 38.8 Å². The lowest BCUT2D eigenvalue weighted by Gasteiger charge is -2.22. The van der Waals surface area contributed by atoms with Gasteiger partial charge in [0.25, 0.3) is 0 Å². The minimum absolute atomic E-state index is 0. The lowest BCUT2D eigenvalue weighted by atomic mass is 10.00. The summed E-state index contributed by atoms with van der Waals surface area (Å²) in [6.45, 7) is 5.51. The molecule has 1 saturated heterocycles. The van der Waals surface area contributed by atoms with E-state index in [-0.39, 0.29) is 24.8 Å². The highest BCUT2D eigenvalue weighted by molar-refractivity contribution is 5.85. The number of rotatable bonds is 2. The highest BCUT2D eigenvalue weighted by atomic mass is 35.5. The lowest BCUT2D eigenvalue weighted by Crippen LogP contribution is -2.31. The Kier molecular flexibility index (Phi) is 6.98. The first kappa shape index (κ1) is 14.8. The van der Waals surface area contributed by atoms with E-state index in [1.54, 1.807) is 0 Å². The average molecular weight is 252 g/mol. The Labute approximate surface area is 103 Å². The summed E-state index contributed by atoms with van der Waals surface area (Å²) < 4.78 is 2.20. The predicted octanol–water partition coefficient (Wildman–Crippen LogP) is 2.03. The van der Waals surface area contributed by atoms with Crippen LogP contribution in [0.2, 0.25) is 0 Å². The molecule has 0 aliphatic carbocycles. The first-order valence-corrected chi connectivity index (χ1v) is 5.03. The van der Waals surface area contributed by atoms with Crippen molar-refractivity contribution in [1.82, 2.24) is 14.9 Å². The third kappa shape index (κ3) is 4.41. The number of aryl methyl sites for hydroxylation is 1. The molecule has 0 saturated carbocycles. The molecule has 0 unspecified atom stereocenters. The summed E-state index contributed by atoms with van der Waals surface area (Å²) in [7, 11) is 0. The van der Waals surface area contributed by atoms with Crippen LogP contribution >= 0.6 is 24.8 Å². The van der Waals surface area contributed by atoms with E-state index in [9.17, 15) is 0 Å². The number of halogens is 2. The first-order valence-electron chi connectivity index (χ1n) is 5.03. The number of hydrogen-bond acceptors (Lipinski definition) is 2. The van der Waals surface area contributed by atoms with Crippen molar-refractivity contribution in [3.05, 3.63) is 18.2 Å². The molecule has 1 atom stereocenters. The molecule has 1 N–H and O–H groups in total. The van der Waals surface area contributed by atoms with Gasteiger partial charge >= 0.3 is 0 Å². The van der Waals surface area contributed by atoms with Gasteiger partial charge in [-0.1, -0.05) is 0 Å². The molecule has 88 valence electrons. The van der Waals surface area contributed by atoms with E-state index in [2.05, 4.69) is 21.1 Å². The molecule has 1 aliphatic rings. The fourth-order valence-electron chi connectivity index (χ4n) is 1.95. The second-order valence-corrected chi connectivity index (χ2v) is 3.92. The zero-order chi connectivity index (χ0) is 9.10. The Morgan fingerprint density at radius 1 is 1.53 bits per heavy atom. The van der Waals surface area contributed by atoms with Crippen molar-refractivity contribution in [3.8, 4) is 0 Å². The van der Waals surface area contributed by atoms with Gasteiger partial charge in [0, 0.05) is 12.7 Å². The number of imidazole rings is 1. The summed E-state index contributed by atoms with van der Waals surface area (Å²) >= 11 is 0. The Morgan fingerprint density at radius 3 is 2.87 bits per heavy atom. The number of nitrogens with one attached hydrogen (secondary N) is 1. The van der Waals surface area contributed by atoms with Crippen LogP contribution in [-0.2, 0) is 6.54 Å². The molecule has 1 aromatic rings. The molecule has 1 aromatic heterocycles. The van der Waals surface area contributed by atoms with Gasteiger partial charge in [-0.25, -0.2) is 4.98 Å². The zero-order valence-electron chi connectivity index (χ0n) is 8.98. The monoisotopic (exact) mass is 251 g/mol. The van der Waals surface area contributed by atoms with E-state index in [4.69, 9.17) is 0 Å². The van der Waals surface area contributed by atoms with Gasteiger partial charge in [0.15, 0.2) is 0 Å². The fourth-order valence-corrected chi connectivity index (χ4v) is 1.95. The number of piperidine rings is 1. The van der Waals surface area contributed by atoms with E-state index in [0.717, 1.165) is 24.7 Å². The smallest absolute Gasteiger partial charge is 0.0949 e. The van der Waals surface area contributed by atoms with Gasteiger partial charge in [-0.2, -0.15) is 0 Å². The number of aromatic nitrogens is 2. The van der Waals surface area contributed by atoms with Gasteiger partial charge in [-0.15, -0.1) is 24.8 Å². The first-order chi connectivity index (χ1) is 6.34. The summed E-state index contributed by atoms with van der Waals surface area (Å²) in [6, 6.07) is 0. The topological polar surface area (TPSA) is 29.9 Å². The molecule has 5 heteroatoms. The van der Waals surface area contributed by atoms with Crippen molar-refractivity contribution >= 4 is 24.8 Å². The average Bonchev–Trinajstić information content (AvgIpc) is 2.53. The Bertz CT molecular complexity index is 269. The number of nitrogens with zero attached hydrogens (tertiary/aromatic N) is 2. The van der Waals surface area contributed by atoms with Gasteiger partial charge < -0.3 is 9.88 Å². The molecule has 15 heavy (non-hydrogen) atoms. The normalized spacial score (nSPS) is 20.2. The quantitative estimate of drug-likeness (QED) is 0.872. The summed E-state index contributed by atoms with van der Waals surface area (Å²) in [5.74, 6) is 0.794. The van der Waals surface area contributed by atoms with E-state index < -0.39 is 0 Å². The highest BCUT2D eigenvalue weighted by Gasteiger charge is 2.12. The van der Waals surface area contributed by atoms with E-state index >= 15 is 0 Å². The van der Waals surface area contributed by atoms with Crippen LogP contribution in [0.1, 0.15) is 18.5 Å². The zero-order valence-corrected chi connectivity index (χ0v) is 10.6. The van der Waals surface area contributed by atoms with Crippen LogP contribution < -0.4 is 5.32 Å². The summed E-state index contributed by atoms with van der Waals surface area (Å²) in [5.41, 5.74) is 1.11. The predicted molar refractivity (Wildman–Crippen MR) is 67.1 cm³/mol. The largest absolute Gasteiger partial charge is 0.337 e. The van der Waals surface area contributed by atoms with Crippen LogP contribution in [0.5, 0.6) is 0 Å². The van der Waals surface area contributed by atoms with Gasteiger partial charge in [0.2, 0.25) is 0 Å². The summed E-state index contributed by atoms with van der Waals surface area (Å²) in [5, 5.41) is 3.43. The maximum absolute atomic E-state index is 4.22. The molecule has 2 rings (SSSR count).